The number of carbonyl (C=O) groups is 2. The van der Waals surface area contributed by atoms with Crippen molar-refractivity contribution in [3.05, 3.63) is 57.3 Å². The Morgan fingerprint density at radius 1 is 1.12 bits per heavy atom. The number of thioether (sulfide) groups is 1. The lowest BCUT2D eigenvalue weighted by atomic mass is 10.1. The van der Waals surface area contributed by atoms with E-state index in [9.17, 15) is 9.59 Å². The zero-order chi connectivity index (χ0) is 24.6. The molecular weight excluding hydrogens is 481 g/mol. The maximum Gasteiger partial charge on any atom is 0.348 e. The van der Waals surface area contributed by atoms with Crippen molar-refractivity contribution >= 4 is 42.4 Å². The van der Waals surface area contributed by atoms with Gasteiger partial charge in [-0.25, -0.2) is 9.80 Å². The van der Waals surface area contributed by atoms with Gasteiger partial charge < -0.3 is 4.74 Å². The van der Waals surface area contributed by atoms with Crippen LogP contribution < -0.4 is 0 Å². The molecule has 0 radical (unpaired) electrons. The molecule has 182 valence electrons. The van der Waals surface area contributed by atoms with Crippen LogP contribution in [0.5, 0.6) is 0 Å². The Bertz CT molecular complexity index is 1050. The van der Waals surface area contributed by atoms with Crippen LogP contribution in [0.1, 0.15) is 38.5 Å². The molecule has 3 rings (SSSR count). The molecule has 0 spiro atoms. The zero-order valence-electron chi connectivity index (χ0n) is 20.6. The predicted octanol–water partition coefficient (Wildman–Crippen LogP) is 5.71. The lowest BCUT2D eigenvalue weighted by molar-refractivity contribution is 0.0270. The number of amides is 1. The first kappa shape index (κ1) is 26.5. The maximum atomic E-state index is 12.6. The molecule has 1 aromatic carbocycles. The second-order valence-corrected chi connectivity index (χ2v) is 16.3. The molecule has 2 aromatic rings. The van der Waals surface area contributed by atoms with E-state index in [1.54, 1.807) is 6.07 Å². The van der Waals surface area contributed by atoms with Gasteiger partial charge in [0.1, 0.15) is 13.0 Å². The van der Waals surface area contributed by atoms with E-state index in [-0.39, 0.29) is 11.2 Å². The number of rotatable bonds is 9. The molecule has 5 nitrogen and oxygen atoms in total. The monoisotopic (exact) mass is 514 g/mol. The number of methoxy groups -OCH3 is 1. The van der Waals surface area contributed by atoms with Gasteiger partial charge in [0, 0.05) is 42.2 Å². The third kappa shape index (κ3) is 8.31. The third-order valence-electron chi connectivity index (χ3n) is 5.39. The van der Waals surface area contributed by atoms with Gasteiger partial charge >= 0.3 is 5.97 Å². The number of hydrogen-bond donors (Lipinski definition) is 0. The lowest BCUT2D eigenvalue weighted by Crippen LogP contribution is -2.50. The fraction of sp³-hybridized carbons (Fsp3) is 0.462. The summed E-state index contributed by atoms with van der Waals surface area (Å²) in [7, 11) is 0.0164. The summed E-state index contributed by atoms with van der Waals surface area (Å²) in [6.45, 7) is 9.17. The van der Waals surface area contributed by atoms with Crippen molar-refractivity contribution in [3.8, 4) is 11.5 Å². The van der Waals surface area contributed by atoms with Crippen LogP contribution in [-0.2, 0) is 17.6 Å². The molecule has 1 aromatic heterocycles. The number of nitrogens with zero attached hydrogens (tertiary/aromatic N) is 2. The summed E-state index contributed by atoms with van der Waals surface area (Å²) in [6.07, 6.45) is 3.86. The van der Waals surface area contributed by atoms with Crippen molar-refractivity contribution in [3.63, 3.8) is 0 Å². The maximum absolute atomic E-state index is 12.6. The minimum atomic E-state index is -1.37. The van der Waals surface area contributed by atoms with Crippen molar-refractivity contribution in [2.75, 3.05) is 32.5 Å². The summed E-state index contributed by atoms with van der Waals surface area (Å²) in [5.74, 6) is 3.87. The molecule has 1 aliphatic heterocycles. The van der Waals surface area contributed by atoms with Gasteiger partial charge in [0.15, 0.2) is 0 Å². The van der Waals surface area contributed by atoms with E-state index < -0.39 is 8.07 Å². The summed E-state index contributed by atoms with van der Waals surface area (Å²) < 4.78 is 4.79. The Kier molecular flexibility index (Phi) is 9.83. The molecule has 1 amide bonds. The minimum Gasteiger partial charge on any atom is -0.465 e. The van der Waals surface area contributed by atoms with Crippen molar-refractivity contribution < 1.29 is 14.3 Å². The number of hydrazine groups is 1. The first-order chi connectivity index (χ1) is 16.2. The van der Waals surface area contributed by atoms with Crippen LogP contribution in [0.15, 0.2) is 36.4 Å². The number of aryl methyl sites for hydroxylation is 1. The van der Waals surface area contributed by atoms with Crippen LogP contribution in [0.2, 0.25) is 19.6 Å². The molecule has 0 bridgehead atoms. The van der Waals surface area contributed by atoms with E-state index in [4.69, 9.17) is 4.74 Å². The van der Waals surface area contributed by atoms with Gasteiger partial charge in [-0.15, -0.1) is 16.9 Å². The number of carbonyl (C=O) groups excluding carboxylic acids is 2. The highest BCUT2D eigenvalue weighted by Crippen LogP contribution is 2.22. The van der Waals surface area contributed by atoms with Gasteiger partial charge in [-0.05, 0) is 49.1 Å². The normalized spacial score (nSPS) is 14.6. The van der Waals surface area contributed by atoms with Crippen molar-refractivity contribution in [1.82, 2.24) is 10.0 Å². The number of ether oxygens (including phenoxy) is 1. The number of esters is 1. The molecule has 2 heterocycles. The quantitative estimate of drug-likeness (QED) is 0.186. The first-order valence-electron chi connectivity index (χ1n) is 11.7. The molecule has 0 atom stereocenters. The Hall–Kier alpha value is -2.05. The molecule has 0 unspecified atom stereocenters. The van der Waals surface area contributed by atoms with E-state index >= 15 is 0 Å². The highest BCUT2D eigenvalue weighted by molar-refractivity contribution is 8.13. The fourth-order valence-electron chi connectivity index (χ4n) is 3.64. The largest absolute Gasteiger partial charge is 0.465 e. The Morgan fingerprint density at radius 3 is 2.71 bits per heavy atom. The minimum absolute atomic E-state index is 0.115. The van der Waals surface area contributed by atoms with Crippen molar-refractivity contribution in [1.29, 1.82) is 0 Å². The van der Waals surface area contributed by atoms with E-state index in [2.05, 4.69) is 60.4 Å². The zero-order valence-corrected chi connectivity index (χ0v) is 23.2. The van der Waals surface area contributed by atoms with Gasteiger partial charge in [0.25, 0.3) is 5.24 Å². The van der Waals surface area contributed by atoms with E-state index in [0.717, 1.165) is 55.0 Å². The van der Waals surface area contributed by atoms with Crippen LogP contribution >= 0.6 is 23.1 Å². The summed E-state index contributed by atoms with van der Waals surface area (Å²) in [5.41, 5.74) is 5.87. The molecular formula is C26H34N2O3S2Si. The molecule has 0 saturated carbocycles. The Labute approximate surface area is 212 Å². The van der Waals surface area contributed by atoms with Gasteiger partial charge in [-0.3, -0.25) is 9.80 Å². The molecule has 34 heavy (non-hydrogen) atoms. The van der Waals surface area contributed by atoms with E-state index in [1.165, 1.54) is 35.8 Å². The highest BCUT2D eigenvalue weighted by Gasteiger charge is 2.26. The fourth-order valence-corrected chi connectivity index (χ4v) is 5.91. The molecule has 1 aliphatic rings. The van der Waals surface area contributed by atoms with Crippen molar-refractivity contribution in [2.24, 2.45) is 0 Å². The molecule has 0 aliphatic carbocycles. The highest BCUT2D eigenvalue weighted by atomic mass is 32.2. The van der Waals surface area contributed by atoms with E-state index in [1.807, 2.05) is 11.1 Å². The average molecular weight is 515 g/mol. The summed E-state index contributed by atoms with van der Waals surface area (Å²) in [4.78, 5) is 25.9. The van der Waals surface area contributed by atoms with Crippen LogP contribution in [0.25, 0.3) is 0 Å². The molecule has 1 saturated heterocycles. The van der Waals surface area contributed by atoms with Crippen molar-refractivity contribution in [2.45, 2.75) is 45.3 Å². The summed E-state index contributed by atoms with van der Waals surface area (Å²) in [6, 6.07) is 12.3. The van der Waals surface area contributed by atoms with E-state index in [0.29, 0.717) is 11.4 Å². The standard InChI is InChI=1S/C26H34N2O3S2Si/c1-31-25(29)24-12-11-23(33-24)13-16-28-26(30)32-18-17-27(28)15-6-5-8-21-9-7-10-22(20-21)14-19-34(2,3)4/h7,9-12,20H,5-6,8,13,15-18H2,1-4H3. The number of hydrogen-bond acceptors (Lipinski definition) is 6. The first-order valence-corrected chi connectivity index (χ1v) is 17.0. The Balaban J connectivity index is 1.49. The average Bonchev–Trinajstić information content (AvgIpc) is 3.28. The van der Waals surface area contributed by atoms with Crippen LogP contribution in [-0.4, -0.2) is 61.8 Å². The van der Waals surface area contributed by atoms with Crippen LogP contribution in [0, 0.1) is 11.5 Å². The topological polar surface area (TPSA) is 49.9 Å². The SMILES string of the molecule is COC(=O)c1ccc(CCN2C(=O)SCCN2CCCCc2cccc(C#C[Si](C)(C)C)c2)s1. The second-order valence-electron chi connectivity index (χ2n) is 9.36. The molecule has 1 fully saturated rings. The number of unbranched alkanes of at least 4 members (excludes halogenated alkanes) is 1. The van der Waals surface area contributed by atoms with Gasteiger partial charge in [-0.1, -0.05) is 49.5 Å². The summed E-state index contributed by atoms with van der Waals surface area (Å²) in [5, 5.41) is 4.20. The van der Waals surface area contributed by atoms with Crippen LogP contribution in [0.4, 0.5) is 4.79 Å². The Morgan fingerprint density at radius 2 is 1.94 bits per heavy atom. The van der Waals surface area contributed by atoms with Crippen LogP contribution in [0.3, 0.4) is 0 Å². The van der Waals surface area contributed by atoms with Gasteiger partial charge in [0.2, 0.25) is 0 Å². The molecule has 8 heteroatoms. The molecule has 0 N–H and O–H groups in total. The smallest absolute Gasteiger partial charge is 0.348 e. The number of thiophene rings is 1. The lowest BCUT2D eigenvalue weighted by Gasteiger charge is -2.38. The van der Waals surface area contributed by atoms with Gasteiger partial charge in [-0.2, -0.15) is 0 Å². The summed E-state index contributed by atoms with van der Waals surface area (Å²) >= 11 is 2.82. The number of benzene rings is 1. The van der Waals surface area contributed by atoms with Gasteiger partial charge in [0.05, 0.1) is 7.11 Å². The predicted molar refractivity (Wildman–Crippen MR) is 145 cm³/mol. The third-order valence-corrected chi connectivity index (χ3v) is 8.23. The second kappa shape index (κ2) is 12.6.